The first kappa shape index (κ1) is 22.0. The Labute approximate surface area is 178 Å². The fourth-order valence-corrected chi connectivity index (χ4v) is 3.71. The molecule has 30 heavy (non-hydrogen) atoms. The fourth-order valence-electron chi connectivity index (χ4n) is 3.71. The Morgan fingerprint density at radius 3 is 2.83 bits per heavy atom. The summed E-state index contributed by atoms with van der Waals surface area (Å²) in [5, 5.41) is 6.28. The number of aryl methyl sites for hydroxylation is 1. The smallest absolute Gasteiger partial charge is 0.257 e. The number of rotatable bonds is 11. The highest BCUT2D eigenvalue weighted by Crippen LogP contribution is 2.25. The first-order valence-electron chi connectivity index (χ1n) is 11.0. The lowest BCUT2D eigenvalue weighted by Crippen LogP contribution is -2.24. The number of hydrogen-bond donors (Lipinski definition) is 3. The van der Waals surface area contributed by atoms with Crippen LogP contribution in [0.3, 0.4) is 0 Å². The topological polar surface area (TPSA) is 96.1 Å². The van der Waals surface area contributed by atoms with Crippen molar-refractivity contribution in [1.82, 2.24) is 15.3 Å². The number of anilines is 1. The molecule has 0 fully saturated rings. The molecule has 162 valence electrons. The Morgan fingerprint density at radius 2 is 2.10 bits per heavy atom. The van der Waals surface area contributed by atoms with Crippen LogP contribution < -0.4 is 15.4 Å². The minimum absolute atomic E-state index is 0.0268. The van der Waals surface area contributed by atoms with Crippen molar-refractivity contribution in [2.24, 2.45) is 5.92 Å². The van der Waals surface area contributed by atoms with Crippen LogP contribution in [0, 0.1) is 5.92 Å². The van der Waals surface area contributed by atoms with Gasteiger partial charge in [-0.2, -0.15) is 0 Å². The Balaban J connectivity index is 1.43. The number of carbonyl (C=O) groups is 2. The molecule has 0 saturated heterocycles. The van der Waals surface area contributed by atoms with Crippen molar-refractivity contribution >= 4 is 17.4 Å². The molecule has 1 aliphatic carbocycles. The number of nitrogens with one attached hydrogen (secondary N) is 3. The number of amides is 1. The van der Waals surface area contributed by atoms with Crippen LogP contribution in [-0.4, -0.2) is 41.4 Å². The molecule has 0 atom stereocenters. The first-order valence-corrected chi connectivity index (χ1v) is 11.0. The zero-order chi connectivity index (χ0) is 21.3. The minimum Gasteiger partial charge on any atom is -0.478 e. The molecule has 0 aliphatic heterocycles. The first-order chi connectivity index (χ1) is 14.6. The van der Waals surface area contributed by atoms with Gasteiger partial charge in [-0.25, -0.2) is 4.98 Å². The predicted molar refractivity (Wildman–Crippen MR) is 117 cm³/mol. The summed E-state index contributed by atoms with van der Waals surface area (Å²) in [6.45, 7) is 7.01. The molecule has 0 bridgehead atoms. The SMILES string of the molecule is CCC(CC)CNCCCOc1ccc(NC(=O)c2c[nH]c3c2C(=O)CCC3)cn1. The standard InChI is InChI=1S/C23H32N4O3/c1-3-16(4-2)13-24-11-6-12-30-21-10-9-17(14-26-21)27-23(29)18-15-25-19-7-5-8-20(28)22(18)19/h9-10,14-16,24-25H,3-8,11-13H2,1-2H3,(H,27,29). The highest BCUT2D eigenvalue weighted by Gasteiger charge is 2.25. The molecule has 2 heterocycles. The van der Waals surface area contributed by atoms with E-state index in [2.05, 4.69) is 34.4 Å². The van der Waals surface area contributed by atoms with Crippen molar-refractivity contribution in [3.05, 3.63) is 41.3 Å². The van der Waals surface area contributed by atoms with Crippen LogP contribution in [0.5, 0.6) is 5.88 Å². The molecule has 3 rings (SSSR count). The van der Waals surface area contributed by atoms with E-state index < -0.39 is 0 Å². The van der Waals surface area contributed by atoms with Crippen molar-refractivity contribution in [1.29, 1.82) is 0 Å². The van der Waals surface area contributed by atoms with Crippen molar-refractivity contribution in [2.45, 2.75) is 52.4 Å². The Hall–Kier alpha value is -2.67. The highest BCUT2D eigenvalue weighted by molar-refractivity contribution is 6.13. The van der Waals surface area contributed by atoms with E-state index in [1.807, 2.05) is 0 Å². The van der Waals surface area contributed by atoms with E-state index in [0.717, 1.165) is 44.0 Å². The summed E-state index contributed by atoms with van der Waals surface area (Å²) in [5.41, 5.74) is 2.35. The molecule has 2 aromatic rings. The Kier molecular flexibility index (Phi) is 8.02. The van der Waals surface area contributed by atoms with E-state index in [1.165, 1.54) is 12.8 Å². The largest absolute Gasteiger partial charge is 0.478 e. The number of aromatic nitrogens is 2. The number of nitrogens with zero attached hydrogens (tertiary/aromatic N) is 1. The second-order valence-electron chi connectivity index (χ2n) is 7.76. The molecular weight excluding hydrogens is 380 g/mol. The summed E-state index contributed by atoms with van der Waals surface area (Å²) in [6, 6.07) is 3.50. The zero-order valence-electron chi connectivity index (χ0n) is 17.9. The molecule has 0 radical (unpaired) electrons. The summed E-state index contributed by atoms with van der Waals surface area (Å²) in [5.74, 6) is 0.994. The highest BCUT2D eigenvalue weighted by atomic mass is 16.5. The minimum atomic E-state index is -0.304. The van der Waals surface area contributed by atoms with Crippen LogP contribution in [0.4, 0.5) is 5.69 Å². The summed E-state index contributed by atoms with van der Waals surface area (Å²) in [7, 11) is 0. The molecule has 3 N–H and O–H groups in total. The normalized spacial score (nSPS) is 13.4. The van der Waals surface area contributed by atoms with Gasteiger partial charge in [0.25, 0.3) is 5.91 Å². The number of hydrogen-bond acceptors (Lipinski definition) is 5. The fraction of sp³-hybridized carbons (Fsp3) is 0.522. The number of pyridine rings is 1. The van der Waals surface area contributed by atoms with E-state index in [0.29, 0.717) is 35.7 Å². The van der Waals surface area contributed by atoms with Crippen molar-refractivity contribution in [2.75, 3.05) is 25.0 Å². The van der Waals surface area contributed by atoms with E-state index >= 15 is 0 Å². The van der Waals surface area contributed by atoms with Gasteiger partial charge < -0.3 is 20.4 Å². The number of aromatic amines is 1. The molecule has 0 aromatic carbocycles. The lowest BCUT2D eigenvalue weighted by molar-refractivity contribution is 0.0956. The van der Waals surface area contributed by atoms with Gasteiger partial charge in [-0.15, -0.1) is 0 Å². The monoisotopic (exact) mass is 412 g/mol. The lowest BCUT2D eigenvalue weighted by atomic mass is 9.93. The van der Waals surface area contributed by atoms with Crippen LogP contribution >= 0.6 is 0 Å². The summed E-state index contributed by atoms with van der Waals surface area (Å²) >= 11 is 0. The third kappa shape index (κ3) is 5.69. The second-order valence-corrected chi connectivity index (χ2v) is 7.76. The van der Waals surface area contributed by atoms with Gasteiger partial charge in [0.05, 0.1) is 29.6 Å². The molecule has 0 spiro atoms. The van der Waals surface area contributed by atoms with Crippen LogP contribution in [0.25, 0.3) is 0 Å². The van der Waals surface area contributed by atoms with Gasteiger partial charge in [0, 0.05) is 24.4 Å². The number of ether oxygens (including phenoxy) is 1. The van der Waals surface area contributed by atoms with Gasteiger partial charge >= 0.3 is 0 Å². The number of fused-ring (bicyclic) bond motifs is 1. The quantitative estimate of drug-likeness (QED) is 0.485. The van der Waals surface area contributed by atoms with Gasteiger partial charge in [-0.1, -0.05) is 26.7 Å². The van der Waals surface area contributed by atoms with Crippen molar-refractivity contribution < 1.29 is 14.3 Å². The molecule has 7 nitrogen and oxygen atoms in total. The van der Waals surface area contributed by atoms with Gasteiger partial charge in [0.2, 0.25) is 5.88 Å². The van der Waals surface area contributed by atoms with E-state index in [1.54, 1.807) is 24.5 Å². The molecule has 0 unspecified atom stereocenters. The van der Waals surface area contributed by atoms with Gasteiger partial charge in [0.15, 0.2) is 5.78 Å². The summed E-state index contributed by atoms with van der Waals surface area (Å²) in [6.07, 6.45) is 8.62. The van der Waals surface area contributed by atoms with Crippen LogP contribution in [-0.2, 0) is 6.42 Å². The number of H-pyrrole nitrogens is 1. The zero-order valence-corrected chi connectivity index (χ0v) is 17.9. The third-order valence-corrected chi connectivity index (χ3v) is 5.65. The number of Topliss-reactive ketones (excluding diaryl/α,β-unsaturated/α-hetero) is 1. The molecule has 2 aromatic heterocycles. The molecule has 1 amide bonds. The molecular formula is C23H32N4O3. The predicted octanol–water partition coefficient (Wildman–Crippen LogP) is 3.98. The molecule has 7 heteroatoms. The second kappa shape index (κ2) is 10.9. The Bertz CT molecular complexity index is 841. The lowest BCUT2D eigenvalue weighted by Gasteiger charge is -2.13. The van der Waals surface area contributed by atoms with Crippen molar-refractivity contribution in [3.63, 3.8) is 0 Å². The van der Waals surface area contributed by atoms with E-state index in [9.17, 15) is 9.59 Å². The summed E-state index contributed by atoms with van der Waals surface area (Å²) in [4.78, 5) is 32.1. The molecule has 0 saturated carbocycles. The number of ketones is 1. The van der Waals surface area contributed by atoms with E-state index in [-0.39, 0.29) is 11.7 Å². The average molecular weight is 413 g/mol. The average Bonchev–Trinajstić information content (AvgIpc) is 3.20. The van der Waals surface area contributed by atoms with Crippen molar-refractivity contribution in [3.8, 4) is 5.88 Å². The van der Waals surface area contributed by atoms with Crippen LogP contribution in [0.1, 0.15) is 72.4 Å². The van der Waals surface area contributed by atoms with Crippen LogP contribution in [0.15, 0.2) is 24.5 Å². The van der Waals surface area contributed by atoms with Gasteiger partial charge in [0.1, 0.15) is 0 Å². The molecule has 1 aliphatic rings. The van der Waals surface area contributed by atoms with Gasteiger partial charge in [-0.05, 0) is 44.3 Å². The third-order valence-electron chi connectivity index (χ3n) is 5.65. The maximum Gasteiger partial charge on any atom is 0.257 e. The maximum atomic E-state index is 12.6. The maximum absolute atomic E-state index is 12.6. The summed E-state index contributed by atoms with van der Waals surface area (Å²) < 4.78 is 5.67. The number of carbonyl (C=O) groups excluding carboxylic acids is 2. The Morgan fingerprint density at radius 1 is 1.27 bits per heavy atom. The van der Waals surface area contributed by atoms with Crippen LogP contribution in [0.2, 0.25) is 0 Å². The van der Waals surface area contributed by atoms with E-state index in [4.69, 9.17) is 4.74 Å². The van der Waals surface area contributed by atoms with Gasteiger partial charge in [-0.3, -0.25) is 9.59 Å².